The molecule has 0 atom stereocenters. The van der Waals surface area contributed by atoms with Gasteiger partial charge in [0.15, 0.2) is 10.9 Å². The molecule has 0 unspecified atom stereocenters. The Morgan fingerprint density at radius 3 is 2.22 bits per heavy atom. The molecule has 1 N–H and O–H groups in total. The van der Waals surface area contributed by atoms with E-state index in [4.69, 9.17) is 17.0 Å². The second kappa shape index (κ2) is 8.53. The number of benzene rings is 2. The van der Waals surface area contributed by atoms with Crippen LogP contribution in [0.4, 0.5) is 5.69 Å². The molecule has 4 nitrogen and oxygen atoms in total. The number of ether oxygens (including phenoxy) is 1. The van der Waals surface area contributed by atoms with Crippen LogP contribution in [0.5, 0.6) is 5.75 Å². The SMILES string of the molecule is COc1ccc(C(=O)C2CCN(C(=S)Nc3cc(C)cc(C)c3)CC2)cc1. The normalized spacial score (nSPS) is 14.7. The van der Waals surface area contributed by atoms with E-state index in [0.717, 1.165) is 48.0 Å². The summed E-state index contributed by atoms with van der Waals surface area (Å²) in [6.45, 7) is 5.75. The van der Waals surface area contributed by atoms with Gasteiger partial charge in [-0.15, -0.1) is 0 Å². The molecule has 1 fully saturated rings. The maximum absolute atomic E-state index is 12.7. The van der Waals surface area contributed by atoms with Crippen LogP contribution in [-0.2, 0) is 0 Å². The van der Waals surface area contributed by atoms with Crippen molar-refractivity contribution in [2.24, 2.45) is 5.92 Å². The average molecular weight is 383 g/mol. The number of methoxy groups -OCH3 is 1. The largest absolute Gasteiger partial charge is 0.497 e. The number of piperidine rings is 1. The second-order valence-electron chi connectivity index (χ2n) is 7.16. The molecule has 0 aromatic heterocycles. The lowest BCUT2D eigenvalue weighted by Crippen LogP contribution is -2.42. The molecule has 0 bridgehead atoms. The Hall–Kier alpha value is -2.40. The number of nitrogens with zero attached hydrogens (tertiary/aromatic N) is 1. The summed E-state index contributed by atoms with van der Waals surface area (Å²) in [5.41, 5.74) is 4.20. The van der Waals surface area contributed by atoms with Crippen LogP contribution in [0, 0.1) is 19.8 Å². The molecule has 0 saturated carbocycles. The van der Waals surface area contributed by atoms with Crippen LogP contribution in [0.25, 0.3) is 0 Å². The Bertz CT molecular complexity index is 804. The van der Waals surface area contributed by atoms with Gasteiger partial charge < -0.3 is 15.0 Å². The maximum Gasteiger partial charge on any atom is 0.173 e. The Morgan fingerprint density at radius 2 is 1.67 bits per heavy atom. The lowest BCUT2D eigenvalue weighted by molar-refractivity contribution is 0.0873. The van der Waals surface area contributed by atoms with E-state index in [9.17, 15) is 4.79 Å². The second-order valence-corrected chi connectivity index (χ2v) is 7.55. The molecule has 0 aliphatic carbocycles. The summed E-state index contributed by atoms with van der Waals surface area (Å²) < 4.78 is 5.16. The van der Waals surface area contributed by atoms with Gasteiger partial charge in [0.25, 0.3) is 0 Å². The molecule has 27 heavy (non-hydrogen) atoms. The third-order valence-corrected chi connectivity index (χ3v) is 5.36. The number of nitrogens with one attached hydrogen (secondary N) is 1. The first-order valence-electron chi connectivity index (χ1n) is 9.29. The van der Waals surface area contributed by atoms with Crippen LogP contribution in [-0.4, -0.2) is 36.0 Å². The number of carbonyl (C=O) groups excluding carboxylic acids is 1. The Kier molecular flexibility index (Phi) is 6.11. The third-order valence-electron chi connectivity index (χ3n) is 5.00. The fourth-order valence-electron chi connectivity index (χ4n) is 3.59. The summed E-state index contributed by atoms with van der Waals surface area (Å²) in [5, 5.41) is 4.07. The van der Waals surface area contributed by atoms with E-state index < -0.39 is 0 Å². The van der Waals surface area contributed by atoms with E-state index in [1.54, 1.807) is 7.11 Å². The molecule has 1 heterocycles. The van der Waals surface area contributed by atoms with Gasteiger partial charge in [-0.3, -0.25) is 4.79 Å². The number of thiocarbonyl (C=S) groups is 1. The van der Waals surface area contributed by atoms with E-state index >= 15 is 0 Å². The molecule has 0 radical (unpaired) electrons. The molecular weight excluding hydrogens is 356 g/mol. The molecule has 142 valence electrons. The first-order valence-corrected chi connectivity index (χ1v) is 9.69. The van der Waals surface area contributed by atoms with Gasteiger partial charge in [0, 0.05) is 30.3 Å². The summed E-state index contributed by atoms with van der Waals surface area (Å²) in [4.78, 5) is 14.9. The number of Topliss-reactive ketones (excluding diaryl/α,β-unsaturated/α-hetero) is 1. The van der Waals surface area contributed by atoms with Gasteiger partial charge in [0.05, 0.1) is 7.11 Å². The molecule has 1 aliphatic heterocycles. The van der Waals surface area contributed by atoms with Crippen LogP contribution >= 0.6 is 12.2 Å². The third kappa shape index (κ3) is 4.86. The Morgan fingerprint density at radius 1 is 1.07 bits per heavy atom. The average Bonchev–Trinajstić information content (AvgIpc) is 2.67. The lowest BCUT2D eigenvalue weighted by Gasteiger charge is -2.33. The van der Waals surface area contributed by atoms with Crippen molar-refractivity contribution in [2.75, 3.05) is 25.5 Å². The van der Waals surface area contributed by atoms with E-state index in [0.29, 0.717) is 0 Å². The minimum absolute atomic E-state index is 0.0543. The highest BCUT2D eigenvalue weighted by Crippen LogP contribution is 2.24. The number of anilines is 1. The van der Waals surface area contributed by atoms with Crippen molar-refractivity contribution >= 4 is 28.8 Å². The minimum Gasteiger partial charge on any atom is -0.497 e. The molecular formula is C22H26N2O2S. The monoisotopic (exact) mass is 382 g/mol. The molecule has 0 spiro atoms. The fourth-order valence-corrected chi connectivity index (χ4v) is 3.89. The van der Waals surface area contributed by atoms with Crippen LogP contribution in [0.15, 0.2) is 42.5 Å². The van der Waals surface area contributed by atoms with Crippen molar-refractivity contribution in [3.05, 3.63) is 59.2 Å². The maximum atomic E-state index is 12.7. The van der Waals surface area contributed by atoms with Gasteiger partial charge in [0.2, 0.25) is 0 Å². The van der Waals surface area contributed by atoms with Crippen molar-refractivity contribution in [2.45, 2.75) is 26.7 Å². The quantitative estimate of drug-likeness (QED) is 0.618. The summed E-state index contributed by atoms with van der Waals surface area (Å²) in [5.74, 6) is 1.04. The predicted octanol–water partition coefficient (Wildman–Crippen LogP) is 4.60. The van der Waals surface area contributed by atoms with Gasteiger partial charge >= 0.3 is 0 Å². The summed E-state index contributed by atoms with van der Waals surface area (Å²) in [7, 11) is 1.63. The van der Waals surface area contributed by atoms with Crippen molar-refractivity contribution < 1.29 is 9.53 Å². The number of hydrogen-bond donors (Lipinski definition) is 1. The Labute approximate surface area is 166 Å². The van der Waals surface area contributed by atoms with Crippen LogP contribution in [0.1, 0.15) is 34.3 Å². The highest BCUT2D eigenvalue weighted by molar-refractivity contribution is 7.80. The van der Waals surface area contributed by atoms with E-state index in [1.165, 1.54) is 11.1 Å². The fraction of sp³-hybridized carbons (Fsp3) is 0.364. The topological polar surface area (TPSA) is 41.6 Å². The number of likely N-dealkylation sites (tertiary alicyclic amines) is 1. The van der Waals surface area contributed by atoms with Crippen molar-refractivity contribution in [1.29, 1.82) is 0 Å². The van der Waals surface area contributed by atoms with Gasteiger partial charge in [-0.25, -0.2) is 0 Å². The van der Waals surface area contributed by atoms with Gasteiger partial charge in [0.1, 0.15) is 5.75 Å². The van der Waals surface area contributed by atoms with Crippen LogP contribution < -0.4 is 10.1 Å². The molecule has 5 heteroatoms. The van der Waals surface area contributed by atoms with Crippen molar-refractivity contribution in [3.63, 3.8) is 0 Å². The number of rotatable bonds is 4. The Balaban J connectivity index is 1.56. The van der Waals surface area contributed by atoms with E-state index in [1.807, 2.05) is 24.3 Å². The smallest absolute Gasteiger partial charge is 0.173 e. The van der Waals surface area contributed by atoms with Crippen LogP contribution in [0.3, 0.4) is 0 Å². The van der Waals surface area contributed by atoms with Crippen molar-refractivity contribution in [3.8, 4) is 5.75 Å². The first kappa shape index (κ1) is 19.4. The molecule has 1 aliphatic rings. The molecule has 0 amide bonds. The summed E-state index contributed by atoms with van der Waals surface area (Å²) in [6, 6.07) is 13.7. The number of aryl methyl sites for hydroxylation is 2. The number of ketones is 1. The molecule has 2 aromatic rings. The zero-order chi connectivity index (χ0) is 19.4. The molecule has 2 aromatic carbocycles. The minimum atomic E-state index is 0.0543. The number of hydrogen-bond acceptors (Lipinski definition) is 3. The van der Waals surface area contributed by atoms with Crippen molar-refractivity contribution in [1.82, 2.24) is 4.90 Å². The highest BCUT2D eigenvalue weighted by Gasteiger charge is 2.26. The highest BCUT2D eigenvalue weighted by atomic mass is 32.1. The van der Waals surface area contributed by atoms with E-state index in [2.05, 4.69) is 42.3 Å². The van der Waals surface area contributed by atoms with Gasteiger partial charge in [-0.05, 0) is 86.4 Å². The molecule has 1 saturated heterocycles. The zero-order valence-electron chi connectivity index (χ0n) is 16.1. The zero-order valence-corrected chi connectivity index (χ0v) is 16.9. The number of carbonyl (C=O) groups is 1. The lowest BCUT2D eigenvalue weighted by atomic mass is 9.89. The predicted molar refractivity (Wildman–Crippen MR) is 114 cm³/mol. The molecule has 3 rings (SSSR count). The van der Waals surface area contributed by atoms with Crippen LogP contribution in [0.2, 0.25) is 0 Å². The van der Waals surface area contributed by atoms with Gasteiger partial charge in [-0.1, -0.05) is 6.07 Å². The first-order chi connectivity index (χ1) is 13.0. The van der Waals surface area contributed by atoms with Gasteiger partial charge in [-0.2, -0.15) is 0 Å². The standard InChI is InChI=1S/C22H26N2O2S/c1-15-12-16(2)14-19(13-15)23-22(27)24-10-8-18(9-11-24)21(25)17-4-6-20(26-3)7-5-17/h4-7,12-14,18H,8-11H2,1-3H3,(H,23,27). The van der Waals surface area contributed by atoms with E-state index in [-0.39, 0.29) is 11.7 Å². The summed E-state index contributed by atoms with van der Waals surface area (Å²) >= 11 is 5.58. The summed E-state index contributed by atoms with van der Waals surface area (Å²) in [6.07, 6.45) is 1.64.